The molecule has 26 heavy (non-hydrogen) atoms. The molecule has 0 saturated heterocycles. The number of alkyl halides is 3. The van der Waals surface area contributed by atoms with Crippen LogP contribution in [0.25, 0.3) is 0 Å². The summed E-state index contributed by atoms with van der Waals surface area (Å²) in [7, 11) is 0. The number of anilines is 1. The van der Waals surface area contributed by atoms with E-state index in [2.05, 4.69) is 15.5 Å². The molecule has 1 fully saturated rings. The maximum absolute atomic E-state index is 13.4. The van der Waals surface area contributed by atoms with E-state index in [-0.39, 0.29) is 29.8 Å². The number of amides is 1. The Balaban J connectivity index is 1.57. The topological polar surface area (TPSA) is 78.0 Å². The van der Waals surface area contributed by atoms with Gasteiger partial charge in [0, 0.05) is 23.6 Å². The van der Waals surface area contributed by atoms with Crippen LogP contribution in [0.2, 0.25) is 0 Å². The highest BCUT2D eigenvalue weighted by atomic mass is 19.4. The first kappa shape index (κ1) is 17.1. The highest BCUT2D eigenvalue weighted by Crippen LogP contribution is 2.52. The average Bonchev–Trinajstić information content (AvgIpc) is 2.95. The molecule has 1 aliphatic heterocycles. The highest BCUT2D eigenvalue weighted by molar-refractivity contribution is 5.94. The van der Waals surface area contributed by atoms with Crippen LogP contribution in [-0.2, 0) is 11.4 Å². The average molecular weight is 365 g/mol. The molecule has 1 aromatic carbocycles. The molecule has 8 heteroatoms. The lowest BCUT2D eigenvalue weighted by Gasteiger charge is -2.37. The van der Waals surface area contributed by atoms with Gasteiger partial charge in [-0.05, 0) is 29.9 Å². The second kappa shape index (κ2) is 6.12. The minimum Gasteiger partial charge on any atom is -0.392 e. The minimum absolute atomic E-state index is 0.00398. The summed E-state index contributed by atoms with van der Waals surface area (Å²) in [6, 6.07) is 7.62. The third kappa shape index (κ3) is 2.88. The Morgan fingerprint density at radius 1 is 1.23 bits per heavy atom. The van der Waals surface area contributed by atoms with Crippen LogP contribution in [-0.4, -0.2) is 27.4 Å². The number of nitrogens with one attached hydrogen (secondary N) is 2. The fourth-order valence-electron chi connectivity index (χ4n) is 3.94. The number of aliphatic hydroxyl groups is 1. The summed E-state index contributed by atoms with van der Waals surface area (Å²) in [6.07, 6.45) is -3.66. The van der Waals surface area contributed by atoms with E-state index in [0.717, 1.165) is 11.1 Å². The van der Waals surface area contributed by atoms with E-state index in [1.807, 2.05) is 24.3 Å². The van der Waals surface area contributed by atoms with E-state index in [1.165, 1.54) is 0 Å². The van der Waals surface area contributed by atoms with Crippen molar-refractivity contribution in [2.24, 2.45) is 0 Å². The van der Waals surface area contributed by atoms with Gasteiger partial charge in [0.1, 0.15) is 0 Å². The van der Waals surface area contributed by atoms with Gasteiger partial charge in [0.2, 0.25) is 5.91 Å². The van der Waals surface area contributed by atoms with Gasteiger partial charge in [-0.1, -0.05) is 24.3 Å². The lowest BCUT2D eigenvalue weighted by atomic mass is 9.68. The Morgan fingerprint density at radius 3 is 2.69 bits per heavy atom. The number of aromatic amines is 1. The van der Waals surface area contributed by atoms with Crippen LogP contribution in [0.15, 0.2) is 24.3 Å². The molecule has 1 atom stereocenters. The molecule has 2 aliphatic rings. The molecular formula is C18H18F3N3O2. The Kier molecular flexibility index (Phi) is 4.02. The fourth-order valence-corrected chi connectivity index (χ4v) is 3.94. The van der Waals surface area contributed by atoms with Gasteiger partial charge in [0.25, 0.3) is 0 Å². The van der Waals surface area contributed by atoms with Gasteiger partial charge in [-0.3, -0.25) is 9.89 Å². The first-order chi connectivity index (χ1) is 12.4. The standard InChI is InChI=1S/C18H18F3N3O2/c19-18(20,21)13-7-14(26)22-17-15(13)16(23-24-17)12-5-11(6-12)10-3-1-2-9(4-10)8-25/h1-4,11-13,25H,5-8H2,(H2,22,23,24,26). The summed E-state index contributed by atoms with van der Waals surface area (Å²) in [5.74, 6) is -2.27. The van der Waals surface area contributed by atoms with Crippen LogP contribution in [0.1, 0.15) is 59.4 Å². The van der Waals surface area contributed by atoms with Crippen molar-refractivity contribution >= 4 is 11.7 Å². The molecule has 1 saturated carbocycles. The molecule has 1 unspecified atom stereocenters. The molecule has 0 bridgehead atoms. The zero-order valence-corrected chi connectivity index (χ0v) is 13.8. The summed E-state index contributed by atoms with van der Waals surface area (Å²) >= 11 is 0. The van der Waals surface area contributed by atoms with Gasteiger partial charge >= 0.3 is 6.18 Å². The van der Waals surface area contributed by atoms with Crippen molar-refractivity contribution in [1.29, 1.82) is 0 Å². The van der Waals surface area contributed by atoms with Crippen molar-refractivity contribution < 1.29 is 23.1 Å². The van der Waals surface area contributed by atoms with Gasteiger partial charge in [0.15, 0.2) is 5.82 Å². The number of H-pyrrole nitrogens is 1. The molecule has 1 aliphatic carbocycles. The molecule has 138 valence electrons. The SMILES string of the molecule is O=C1CC(C(F)(F)F)c2c(n[nH]c2C2CC(c3cccc(CO)c3)C2)N1. The second-order valence-electron chi connectivity index (χ2n) is 7.01. The third-order valence-electron chi connectivity index (χ3n) is 5.38. The fraction of sp³-hybridized carbons (Fsp3) is 0.444. The molecule has 5 nitrogen and oxygen atoms in total. The van der Waals surface area contributed by atoms with Crippen LogP contribution >= 0.6 is 0 Å². The molecule has 1 amide bonds. The summed E-state index contributed by atoms with van der Waals surface area (Å²) in [4.78, 5) is 11.6. The molecule has 2 heterocycles. The van der Waals surface area contributed by atoms with Crippen LogP contribution in [0.5, 0.6) is 0 Å². The monoisotopic (exact) mass is 365 g/mol. The summed E-state index contributed by atoms with van der Waals surface area (Å²) in [5, 5.41) is 18.3. The van der Waals surface area contributed by atoms with Gasteiger partial charge in [-0.2, -0.15) is 18.3 Å². The smallest absolute Gasteiger partial charge is 0.392 e. The van der Waals surface area contributed by atoms with Crippen LogP contribution in [0.3, 0.4) is 0 Å². The first-order valence-corrected chi connectivity index (χ1v) is 8.51. The zero-order valence-electron chi connectivity index (χ0n) is 13.8. The number of carbonyl (C=O) groups excluding carboxylic acids is 1. The van der Waals surface area contributed by atoms with Crippen molar-refractivity contribution in [1.82, 2.24) is 10.2 Å². The number of aliphatic hydroxyl groups excluding tert-OH is 1. The number of hydrogen-bond acceptors (Lipinski definition) is 3. The van der Waals surface area contributed by atoms with E-state index < -0.39 is 24.4 Å². The number of benzene rings is 1. The predicted octanol–water partition coefficient (Wildman–Crippen LogP) is 3.55. The first-order valence-electron chi connectivity index (χ1n) is 8.51. The molecule has 0 radical (unpaired) electrons. The largest absolute Gasteiger partial charge is 0.396 e. The van der Waals surface area contributed by atoms with Crippen molar-refractivity contribution in [2.75, 3.05) is 5.32 Å². The Labute approximate surface area is 147 Å². The maximum Gasteiger partial charge on any atom is 0.396 e. The van der Waals surface area contributed by atoms with Crippen molar-refractivity contribution in [3.63, 3.8) is 0 Å². The Morgan fingerprint density at radius 2 is 2.00 bits per heavy atom. The van der Waals surface area contributed by atoms with E-state index in [0.29, 0.717) is 18.5 Å². The summed E-state index contributed by atoms with van der Waals surface area (Å²) in [6.45, 7) is -0.0367. The van der Waals surface area contributed by atoms with Crippen molar-refractivity contribution in [2.45, 2.75) is 49.8 Å². The molecule has 0 spiro atoms. The van der Waals surface area contributed by atoms with Gasteiger partial charge in [-0.15, -0.1) is 0 Å². The predicted molar refractivity (Wildman–Crippen MR) is 87.7 cm³/mol. The normalized spacial score (nSPS) is 25.4. The van der Waals surface area contributed by atoms with Crippen LogP contribution in [0.4, 0.5) is 19.0 Å². The Bertz CT molecular complexity index is 840. The second-order valence-corrected chi connectivity index (χ2v) is 7.01. The number of aromatic nitrogens is 2. The zero-order chi connectivity index (χ0) is 18.5. The van der Waals surface area contributed by atoms with E-state index in [4.69, 9.17) is 0 Å². The minimum atomic E-state index is -4.48. The number of fused-ring (bicyclic) bond motifs is 1. The molecule has 1 aromatic heterocycles. The quantitative estimate of drug-likeness (QED) is 0.778. The number of rotatable bonds is 3. The molecule has 3 N–H and O–H groups in total. The maximum atomic E-state index is 13.4. The number of carbonyl (C=O) groups is 1. The van der Waals surface area contributed by atoms with E-state index in [9.17, 15) is 23.1 Å². The van der Waals surface area contributed by atoms with Crippen molar-refractivity contribution in [3.05, 3.63) is 46.6 Å². The number of halogens is 3. The van der Waals surface area contributed by atoms with E-state index in [1.54, 1.807) is 0 Å². The Hall–Kier alpha value is -2.35. The molecule has 4 rings (SSSR count). The van der Waals surface area contributed by atoms with Crippen molar-refractivity contribution in [3.8, 4) is 0 Å². The number of hydrogen-bond donors (Lipinski definition) is 3. The summed E-state index contributed by atoms with van der Waals surface area (Å²) < 4.78 is 40.2. The third-order valence-corrected chi connectivity index (χ3v) is 5.38. The highest BCUT2D eigenvalue weighted by Gasteiger charge is 2.49. The molecular weight excluding hydrogens is 347 g/mol. The van der Waals surface area contributed by atoms with Gasteiger partial charge in [0.05, 0.1) is 12.5 Å². The lowest BCUT2D eigenvalue weighted by Crippen LogP contribution is -2.32. The summed E-state index contributed by atoms with van der Waals surface area (Å²) in [5.41, 5.74) is 2.48. The van der Waals surface area contributed by atoms with Crippen LogP contribution in [0, 0.1) is 0 Å². The van der Waals surface area contributed by atoms with Gasteiger partial charge < -0.3 is 10.4 Å². The number of nitrogens with zero attached hydrogens (tertiary/aromatic N) is 1. The molecule has 2 aromatic rings. The van der Waals surface area contributed by atoms with Gasteiger partial charge in [-0.25, -0.2) is 0 Å². The van der Waals surface area contributed by atoms with E-state index >= 15 is 0 Å². The lowest BCUT2D eigenvalue weighted by molar-refractivity contribution is -0.157. The van der Waals surface area contributed by atoms with Crippen LogP contribution < -0.4 is 5.32 Å².